The summed E-state index contributed by atoms with van der Waals surface area (Å²) in [5, 5.41) is 6.31. The van der Waals surface area contributed by atoms with E-state index in [4.69, 9.17) is 12.2 Å². The van der Waals surface area contributed by atoms with E-state index >= 15 is 0 Å². The van der Waals surface area contributed by atoms with Crippen LogP contribution in [0.1, 0.15) is 30.8 Å². The maximum atomic E-state index is 13.8. The third-order valence-corrected chi connectivity index (χ3v) is 5.19. The zero-order valence-electron chi connectivity index (χ0n) is 15.0. The summed E-state index contributed by atoms with van der Waals surface area (Å²) in [7, 11) is 1.67. The molecule has 1 saturated heterocycles. The number of pyridine rings is 1. The van der Waals surface area contributed by atoms with Crippen molar-refractivity contribution in [3.63, 3.8) is 0 Å². The smallest absolute Gasteiger partial charge is 0.333 e. The van der Waals surface area contributed by atoms with Gasteiger partial charge in [-0.15, -0.1) is 0 Å². The minimum atomic E-state index is -2.80. The molecule has 0 bridgehead atoms. The Hall–Kier alpha value is -2.56. The first-order valence-corrected chi connectivity index (χ1v) is 8.88. The summed E-state index contributed by atoms with van der Waals surface area (Å²) in [6.07, 6.45) is 0.341. The first kappa shape index (κ1) is 20.2. The number of aromatic nitrogens is 3. The van der Waals surface area contributed by atoms with Crippen molar-refractivity contribution in [2.24, 2.45) is 5.92 Å². The molecule has 3 rings (SSSR count). The molecule has 2 aromatic rings. The molecule has 150 valence electrons. The van der Waals surface area contributed by atoms with Gasteiger partial charge in [-0.25, -0.2) is 4.68 Å². The normalized spacial score (nSPS) is 19.5. The second kappa shape index (κ2) is 7.82. The third-order valence-electron chi connectivity index (χ3n) is 4.63. The molecule has 1 amide bonds. The summed E-state index contributed by atoms with van der Waals surface area (Å²) >= 11 is 5.32. The van der Waals surface area contributed by atoms with Gasteiger partial charge in [-0.05, 0) is 24.6 Å². The molecule has 11 heteroatoms. The minimum absolute atomic E-state index is 0.280. The van der Waals surface area contributed by atoms with Gasteiger partial charge in [0.25, 0.3) is 0 Å². The zero-order valence-corrected chi connectivity index (χ0v) is 15.8. The van der Waals surface area contributed by atoms with Gasteiger partial charge in [-0.3, -0.25) is 4.79 Å². The monoisotopic (exact) mass is 415 g/mol. The molecule has 3 heterocycles. The molecule has 1 aliphatic heterocycles. The topological polar surface area (TPSA) is 63.1 Å². The fourth-order valence-corrected chi connectivity index (χ4v) is 3.59. The molecule has 2 atom stereocenters. The van der Waals surface area contributed by atoms with Gasteiger partial charge in [-0.1, -0.05) is 19.1 Å². The van der Waals surface area contributed by atoms with Crippen LogP contribution in [0.25, 0.3) is 0 Å². The second-order valence-corrected chi connectivity index (χ2v) is 6.82. The number of alkyl halides is 2. The molecule has 1 unspecified atom stereocenters. The van der Waals surface area contributed by atoms with E-state index in [2.05, 4.69) is 15.4 Å². The molecule has 28 heavy (non-hydrogen) atoms. The lowest BCUT2D eigenvalue weighted by molar-refractivity contribution is -0.118. The summed E-state index contributed by atoms with van der Waals surface area (Å²) < 4.78 is 53.7. The summed E-state index contributed by atoms with van der Waals surface area (Å²) in [4.78, 5) is 17.7. The number of carbonyl (C=O) groups excluding carboxylic acids is 1. The predicted octanol–water partition coefficient (Wildman–Crippen LogP) is 3.13. The van der Waals surface area contributed by atoms with E-state index in [1.54, 1.807) is 18.9 Å². The Morgan fingerprint density at radius 1 is 1.39 bits per heavy atom. The van der Waals surface area contributed by atoms with Crippen molar-refractivity contribution in [1.29, 1.82) is 0 Å². The predicted molar refractivity (Wildman–Crippen MR) is 97.1 cm³/mol. The average Bonchev–Trinajstić information content (AvgIpc) is 3.19. The van der Waals surface area contributed by atoms with E-state index < -0.39 is 36.2 Å². The molecule has 1 aliphatic rings. The summed E-state index contributed by atoms with van der Waals surface area (Å²) in [6.45, 7) is -0.786. The van der Waals surface area contributed by atoms with Crippen LogP contribution < -0.4 is 5.32 Å². The van der Waals surface area contributed by atoms with Crippen LogP contribution in [0.5, 0.6) is 0 Å². The molecule has 1 fully saturated rings. The molecule has 2 aromatic heterocycles. The Bertz CT molecular complexity index is 919. The number of nitrogens with one attached hydrogen (secondary N) is 1. The Morgan fingerprint density at radius 3 is 2.68 bits per heavy atom. The number of amides is 1. The molecule has 0 spiro atoms. The number of aryl methyl sites for hydroxylation is 1. The highest BCUT2D eigenvalue weighted by Crippen LogP contribution is 2.35. The number of nitrogens with zero attached hydrogens (tertiary/aromatic N) is 4. The average molecular weight is 415 g/mol. The van der Waals surface area contributed by atoms with Crippen LogP contribution >= 0.6 is 12.2 Å². The standard InChI is InChI=1S/C17H17F4N5OS/c1-3-8-6-11(24-26(8)17(20)21)9-7-25(2)16(28)13(9)15(27)22-10-4-5-12(18)23-14(10)19/h4-6,9,13,17H,3,7H2,1-2H3,(H,22,27)/t9-,13?/m1/s1. The second-order valence-electron chi connectivity index (χ2n) is 6.40. The number of halogens is 4. The van der Waals surface area contributed by atoms with Gasteiger partial charge in [0.15, 0.2) is 0 Å². The number of anilines is 1. The van der Waals surface area contributed by atoms with Gasteiger partial charge in [0, 0.05) is 25.2 Å². The Morgan fingerprint density at radius 2 is 2.11 bits per heavy atom. The molecule has 0 aromatic carbocycles. The molecule has 0 aliphatic carbocycles. The SMILES string of the molecule is CCc1cc([C@H]2CN(C)C(=S)C2C(=O)Nc2ccc(F)nc2F)nn1C(F)F. The van der Waals surface area contributed by atoms with Gasteiger partial charge >= 0.3 is 6.55 Å². The van der Waals surface area contributed by atoms with Gasteiger partial charge < -0.3 is 10.2 Å². The summed E-state index contributed by atoms with van der Waals surface area (Å²) in [5.74, 6) is -4.34. The molecular formula is C17H17F4N5OS. The van der Waals surface area contributed by atoms with Crippen molar-refractivity contribution in [2.75, 3.05) is 18.9 Å². The van der Waals surface area contributed by atoms with E-state index in [-0.39, 0.29) is 10.7 Å². The van der Waals surface area contributed by atoms with Gasteiger partial charge in [0.1, 0.15) is 0 Å². The number of hydrogen-bond donors (Lipinski definition) is 1. The largest absolute Gasteiger partial charge is 0.368 e. The van der Waals surface area contributed by atoms with Crippen LogP contribution in [-0.2, 0) is 11.2 Å². The molecule has 1 N–H and O–H groups in total. The Labute approximate surface area is 163 Å². The first-order valence-electron chi connectivity index (χ1n) is 8.47. The maximum Gasteiger partial charge on any atom is 0.333 e. The highest BCUT2D eigenvalue weighted by molar-refractivity contribution is 7.80. The number of rotatable bonds is 5. The van der Waals surface area contributed by atoms with Crippen LogP contribution in [0.15, 0.2) is 18.2 Å². The minimum Gasteiger partial charge on any atom is -0.368 e. The number of likely N-dealkylation sites (tertiary alicyclic amines) is 1. The van der Waals surface area contributed by atoms with Crippen molar-refractivity contribution in [3.8, 4) is 0 Å². The number of hydrogen-bond acceptors (Lipinski definition) is 4. The molecule has 0 saturated carbocycles. The maximum absolute atomic E-state index is 13.8. The van der Waals surface area contributed by atoms with E-state index in [1.807, 2.05) is 0 Å². The fraction of sp³-hybridized carbons (Fsp3) is 0.412. The van der Waals surface area contributed by atoms with Crippen LogP contribution in [-0.4, -0.2) is 44.2 Å². The fourth-order valence-electron chi connectivity index (χ4n) is 3.24. The highest BCUT2D eigenvalue weighted by Gasteiger charge is 2.43. The number of thiocarbonyl (C=S) groups is 1. The lowest BCUT2D eigenvalue weighted by Crippen LogP contribution is -2.32. The van der Waals surface area contributed by atoms with Crippen molar-refractivity contribution in [1.82, 2.24) is 19.7 Å². The van der Waals surface area contributed by atoms with Gasteiger partial charge in [0.05, 0.1) is 22.3 Å². The third kappa shape index (κ3) is 3.71. The zero-order chi connectivity index (χ0) is 20.6. The lowest BCUT2D eigenvalue weighted by Gasteiger charge is -2.16. The quantitative estimate of drug-likeness (QED) is 0.462. The van der Waals surface area contributed by atoms with E-state index in [0.29, 0.717) is 29.0 Å². The van der Waals surface area contributed by atoms with Gasteiger partial charge in [-0.2, -0.15) is 27.6 Å². The van der Waals surface area contributed by atoms with E-state index in [0.717, 1.165) is 12.1 Å². The van der Waals surface area contributed by atoms with Crippen LogP contribution in [0, 0.1) is 17.8 Å². The van der Waals surface area contributed by atoms with Crippen molar-refractivity contribution in [3.05, 3.63) is 41.5 Å². The first-order chi connectivity index (χ1) is 13.2. The van der Waals surface area contributed by atoms with Crippen molar-refractivity contribution < 1.29 is 22.4 Å². The number of likely N-dealkylation sites (N-methyl/N-ethyl adjacent to an activating group) is 1. The molecular weight excluding hydrogens is 398 g/mol. The van der Waals surface area contributed by atoms with E-state index in [1.165, 1.54) is 6.07 Å². The van der Waals surface area contributed by atoms with Crippen molar-refractivity contribution >= 4 is 28.8 Å². The van der Waals surface area contributed by atoms with E-state index in [9.17, 15) is 22.4 Å². The molecule has 6 nitrogen and oxygen atoms in total. The Kier molecular flexibility index (Phi) is 5.64. The number of carbonyl (C=O) groups is 1. The van der Waals surface area contributed by atoms with Crippen molar-refractivity contribution in [2.45, 2.75) is 25.8 Å². The molecule has 0 radical (unpaired) electrons. The van der Waals surface area contributed by atoms with Crippen LogP contribution in [0.4, 0.5) is 23.2 Å². The van der Waals surface area contributed by atoms with Gasteiger partial charge in [0.2, 0.25) is 17.8 Å². The van der Waals surface area contributed by atoms with Crippen LogP contribution in [0.3, 0.4) is 0 Å². The summed E-state index contributed by atoms with van der Waals surface area (Å²) in [6, 6.07) is 3.49. The Balaban J connectivity index is 1.91. The lowest BCUT2D eigenvalue weighted by atomic mass is 9.91. The highest BCUT2D eigenvalue weighted by atomic mass is 32.1. The summed E-state index contributed by atoms with van der Waals surface area (Å²) in [5.41, 5.74) is 0.343. The van der Waals surface area contributed by atoms with Crippen LogP contribution in [0.2, 0.25) is 0 Å².